The predicted octanol–water partition coefficient (Wildman–Crippen LogP) is 6.07. The van der Waals surface area contributed by atoms with Crippen LogP contribution in [0.15, 0.2) is 41.3 Å². The van der Waals surface area contributed by atoms with Crippen molar-refractivity contribution in [2.45, 2.75) is 25.2 Å². The molecule has 3 aromatic rings. The number of thiazole rings is 1. The van der Waals surface area contributed by atoms with Gasteiger partial charge in [0, 0.05) is 35.2 Å². The minimum Gasteiger partial charge on any atom is -0.308 e. The number of fused-ring (bicyclic) bond motifs is 1. The van der Waals surface area contributed by atoms with Crippen LogP contribution in [0.4, 0.5) is 5.13 Å². The largest absolute Gasteiger partial charge is 0.308 e. The van der Waals surface area contributed by atoms with Crippen LogP contribution in [0.5, 0.6) is 0 Å². The Bertz CT molecular complexity index is 990. The Balaban J connectivity index is 0.00000320. The quantitative estimate of drug-likeness (QED) is 0.364. The molecule has 0 radical (unpaired) electrons. The van der Waals surface area contributed by atoms with Gasteiger partial charge in [0.05, 0.1) is 10.2 Å². The molecule has 8 heteroatoms. The van der Waals surface area contributed by atoms with Crippen molar-refractivity contribution in [3.8, 4) is 0 Å². The lowest BCUT2D eigenvalue weighted by Crippen LogP contribution is -2.36. The molecule has 0 N–H and O–H groups in total. The summed E-state index contributed by atoms with van der Waals surface area (Å²) >= 11 is 9.51. The van der Waals surface area contributed by atoms with E-state index in [-0.39, 0.29) is 18.3 Å². The van der Waals surface area contributed by atoms with Crippen molar-refractivity contribution in [1.82, 2.24) is 9.88 Å². The molecular formula is C22H27Cl2N3OS2. The number of rotatable bonds is 8. The number of nitrogens with zero attached hydrogens (tertiary/aromatic N) is 3. The number of benzene rings is 2. The minimum atomic E-state index is 0. The Morgan fingerprint density at radius 1 is 1.10 bits per heavy atom. The number of hydrogen-bond acceptors (Lipinski definition) is 5. The Morgan fingerprint density at radius 2 is 1.80 bits per heavy atom. The van der Waals surface area contributed by atoms with Crippen molar-refractivity contribution in [3.63, 3.8) is 0 Å². The average Bonchev–Trinajstić information content (AvgIpc) is 3.11. The zero-order valence-electron chi connectivity index (χ0n) is 17.6. The molecule has 0 aliphatic carbocycles. The molecule has 0 saturated heterocycles. The van der Waals surface area contributed by atoms with Gasteiger partial charge < -0.3 is 4.90 Å². The van der Waals surface area contributed by atoms with Crippen molar-refractivity contribution in [2.75, 3.05) is 37.8 Å². The number of aromatic nitrogens is 1. The monoisotopic (exact) mass is 483 g/mol. The van der Waals surface area contributed by atoms with Gasteiger partial charge >= 0.3 is 0 Å². The summed E-state index contributed by atoms with van der Waals surface area (Å²) in [6, 6.07) is 12.3. The van der Waals surface area contributed by atoms with Crippen molar-refractivity contribution in [1.29, 1.82) is 0 Å². The maximum atomic E-state index is 13.1. The number of thioether (sulfide) groups is 1. The van der Waals surface area contributed by atoms with Gasteiger partial charge in [0.15, 0.2) is 5.13 Å². The normalized spacial score (nSPS) is 11.0. The molecule has 0 aliphatic heterocycles. The molecule has 4 nitrogen and oxygen atoms in total. The first-order valence-corrected chi connectivity index (χ1v) is 11.7. The fraction of sp³-hybridized carbons (Fsp3) is 0.364. The molecular weight excluding hydrogens is 457 g/mol. The van der Waals surface area contributed by atoms with Gasteiger partial charge in [-0.3, -0.25) is 9.69 Å². The van der Waals surface area contributed by atoms with Gasteiger partial charge in [0.1, 0.15) is 0 Å². The molecule has 0 fully saturated rings. The number of hydrogen-bond donors (Lipinski definition) is 0. The molecule has 1 aromatic heterocycles. The third-order valence-corrected chi connectivity index (χ3v) is 7.11. The van der Waals surface area contributed by atoms with Crippen molar-refractivity contribution < 1.29 is 4.79 Å². The highest BCUT2D eigenvalue weighted by Gasteiger charge is 2.20. The summed E-state index contributed by atoms with van der Waals surface area (Å²) in [6.07, 6.45) is 0.474. The molecule has 0 spiro atoms. The lowest BCUT2D eigenvalue weighted by atomic mass is 10.2. The van der Waals surface area contributed by atoms with E-state index in [9.17, 15) is 4.79 Å². The number of amides is 1. The summed E-state index contributed by atoms with van der Waals surface area (Å²) in [5.41, 5.74) is 3.09. The van der Waals surface area contributed by atoms with Crippen LogP contribution < -0.4 is 4.90 Å². The summed E-state index contributed by atoms with van der Waals surface area (Å²) in [5, 5.41) is 1.45. The highest BCUT2D eigenvalue weighted by molar-refractivity contribution is 7.99. The number of anilines is 1. The van der Waals surface area contributed by atoms with Crippen molar-refractivity contribution in [3.05, 3.63) is 52.5 Å². The van der Waals surface area contributed by atoms with Crippen LogP contribution in [0.25, 0.3) is 10.2 Å². The van der Waals surface area contributed by atoms with Gasteiger partial charge in [-0.05, 0) is 57.8 Å². The second kappa shape index (κ2) is 11.3. The molecule has 0 bridgehead atoms. The van der Waals surface area contributed by atoms with Gasteiger partial charge in [-0.15, -0.1) is 24.2 Å². The van der Waals surface area contributed by atoms with E-state index in [4.69, 9.17) is 16.6 Å². The number of aryl methyl sites for hydroxylation is 2. The fourth-order valence-corrected chi connectivity index (χ4v) is 4.92. The van der Waals surface area contributed by atoms with Crippen LogP contribution in [-0.2, 0) is 4.79 Å². The van der Waals surface area contributed by atoms with Crippen LogP contribution in [-0.4, -0.2) is 48.7 Å². The second-order valence-electron chi connectivity index (χ2n) is 7.28. The molecule has 1 heterocycles. The second-order valence-corrected chi connectivity index (χ2v) is 9.86. The van der Waals surface area contributed by atoms with E-state index in [0.29, 0.717) is 18.0 Å². The van der Waals surface area contributed by atoms with Gasteiger partial charge in [0.25, 0.3) is 0 Å². The Kier molecular flexibility index (Phi) is 9.44. The first-order valence-electron chi connectivity index (χ1n) is 9.55. The summed E-state index contributed by atoms with van der Waals surface area (Å²) in [4.78, 5) is 22.9. The fourth-order valence-electron chi connectivity index (χ4n) is 2.86. The molecule has 0 atom stereocenters. The Hall–Kier alpha value is -1.31. The highest BCUT2D eigenvalue weighted by Crippen LogP contribution is 2.34. The SMILES string of the molecule is Cc1ccc(SCCC(=O)N(CCN(C)C)c2nc3c(C)c(Cl)ccc3s2)cc1.Cl. The highest BCUT2D eigenvalue weighted by atomic mass is 35.5. The Labute approximate surface area is 198 Å². The third-order valence-electron chi connectivity index (χ3n) is 4.64. The minimum absolute atomic E-state index is 0. The summed E-state index contributed by atoms with van der Waals surface area (Å²) in [5.74, 6) is 0.852. The first-order chi connectivity index (χ1) is 13.8. The molecule has 0 saturated carbocycles. The van der Waals surface area contributed by atoms with E-state index in [1.54, 1.807) is 23.1 Å². The van der Waals surface area contributed by atoms with Crippen LogP contribution in [0.2, 0.25) is 5.02 Å². The molecule has 1 amide bonds. The van der Waals surface area contributed by atoms with Crippen LogP contribution in [0, 0.1) is 13.8 Å². The molecule has 30 heavy (non-hydrogen) atoms. The molecule has 0 unspecified atom stereocenters. The van der Waals surface area contributed by atoms with E-state index in [1.165, 1.54) is 10.5 Å². The number of halogens is 2. The lowest BCUT2D eigenvalue weighted by molar-refractivity contribution is -0.118. The van der Waals surface area contributed by atoms with E-state index >= 15 is 0 Å². The zero-order chi connectivity index (χ0) is 21.0. The van der Waals surface area contributed by atoms with Gasteiger partial charge in [0.2, 0.25) is 5.91 Å². The Morgan fingerprint density at radius 3 is 2.47 bits per heavy atom. The van der Waals surface area contributed by atoms with E-state index in [1.807, 2.05) is 38.1 Å². The number of carbonyl (C=O) groups excluding carboxylic acids is 1. The summed E-state index contributed by atoms with van der Waals surface area (Å²) in [7, 11) is 4.02. The lowest BCUT2D eigenvalue weighted by Gasteiger charge is -2.22. The maximum Gasteiger partial charge on any atom is 0.229 e. The summed E-state index contributed by atoms with van der Waals surface area (Å²) in [6.45, 7) is 5.45. The van der Waals surface area contributed by atoms with Gasteiger partial charge in [-0.1, -0.05) is 40.6 Å². The smallest absolute Gasteiger partial charge is 0.229 e. The summed E-state index contributed by atoms with van der Waals surface area (Å²) < 4.78 is 1.05. The zero-order valence-corrected chi connectivity index (χ0v) is 20.9. The topological polar surface area (TPSA) is 36.4 Å². The van der Waals surface area contributed by atoms with Crippen molar-refractivity contribution in [2.24, 2.45) is 0 Å². The van der Waals surface area contributed by atoms with E-state index in [2.05, 4.69) is 36.1 Å². The molecule has 2 aromatic carbocycles. The van der Waals surface area contributed by atoms with Crippen LogP contribution in [0.1, 0.15) is 17.5 Å². The number of carbonyl (C=O) groups is 1. The van der Waals surface area contributed by atoms with E-state index < -0.39 is 0 Å². The average molecular weight is 485 g/mol. The standard InChI is InChI=1S/C22H26ClN3OS2.ClH/c1-15-5-7-17(8-6-15)28-14-11-20(27)26(13-12-25(3)4)22-24-21-16(2)18(23)9-10-19(21)29-22;/h5-10H,11-14H2,1-4H3;1H. The molecule has 162 valence electrons. The van der Waals surface area contributed by atoms with Crippen LogP contribution in [0.3, 0.4) is 0 Å². The van der Waals surface area contributed by atoms with Gasteiger partial charge in [-0.2, -0.15) is 0 Å². The van der Waals surface area contributed by atoms with Crippen molar-refractivity contribution >= 4 is 68.4 Å². The molecule has 3 rings (SSSR count). The first kappa shape index (κ1) is 25.0. The van der Waals surface area contributed by atoms with E-state index in [0.717, 1.165) is 33.2 Å². The number of likely N-dealkylation sites (N-methyl/N-ethyl adjacent to an activating group) is 1. The molecule has 0 aliphatic rings. The predicted molar refractivity (Wildman–Crippen MR) is 134 cm³/mol. The van der Waals surface area contributed by atoms with Gasteiger partial charge in [-0.25, -0.2) is 4.98 Å². The maximum absolute atomic E-state index is 13.1. The third kappa shape index (κ3) is 6.34. The van der Waals surface area contributed by atoms with Crippen LogP contribution >= 0.6 is 47.1 Å².